The van der Waals surface area contributed by atoms with Crippen LogP contribution in [0.4, 0.5) is 11.4 Å². The predicted molar refractivity (Wildman–Crippen MR) is 85.7 cm³/mol. The molecule has 112 valence electrons. The van der Waals surface area contributed by atoms with E-state index in [0.29, 0.717) is 35.1 Å². The molecule has 3 N–H and O–H groups in total. The topological polar surface area (TPSA) is 82.2 Å². The number of halogens is 1. The van der Waals surface area contributed by atoms with Crippen molar-refractivity contribution in [1.82, 2.24) is 9.78 Å². The van der Waals surface area contributed by atoms with Crippen LogP contribution >= 0.6 is 15.9 Å². The largest absolute Gasteiger partial charge is 0.497 e. The van der Waals surface area contributed by atoms with Crippen LogP contribution in [0.2, 0.25) is 0 Å². The van der Waals surface area contributed by atoms with E-state index in [-0.39, 0.29) is 5.91 Å². The Balaban J connectivity index is 2.34. The Morgan fingerprint density at radius 1 is 1.52 bits per heavy atom. The molecule has 1 aromatic heterocycles. The number of carbonyl (C=O) groups excluding carboxylic acids is 1. The van der Waals surface area contributed by atoms with Crippen molar-refractivity contribution in [1.29, 1.82) is 0 Å². The number of rotatable bonds is 4. The van der Waals surface area contributed by atoms with Gasteiger partial charge in [-0.25, -0.2) is 0 Å². The number of carbonyl (C=O) groups is 1. The van der Waals surface area contributed by atoms with E-state index >= 15 is 0 Å². The number of aryl methyl sites for hydroxylation is 2. The van der Waals surface area contributed by atoms with E-state index in [9.17, 15) is 4.79 Å². The summed E-state index contributed by atoms with van der Waals surface area (Å²) in [4.78, 5) is 12.5. The van der Waals surface area contributed by atoms with Gasteiger partial charge in [0, 0.05) is 17.1 Å². The molecule has 7 heteroatoms. The van der Waals surface area contributed by atoms with Crippen LogP contribution in [-0.2, 0) is 6.54 Å². The number of amides is 1. The minimum atomic E-state index is -0.302. The summed E-state index contributed by atoms with van der Waals surface area (Å²) in [6, 6.07) is 5.34. The molecule has 1 amide bonds. The van der Waals surface area contributed by atoms with E-state index in [4.69, 9.17) is 10.5 Å². The molecule has 0 fully saturated rings. The third-order valence-electron chi connectivity index (χ3n) is 3.11. The highest BCUT2D eigenvalue weighted by atomic mass is 79.9. The summed E-state index contributed by atoms with van der Waals surface area (Å²) in [6.45, 7) is 4.25. The Hall–Kier alpha value is -2.02. The van der Waals surface area contributed by atoms with Crippen molar-refractivity contribution in [2.24, 2.45) is 0 Å². The first-order chi connectivity index (χ1) is 9.97. The highest BCUT2D eigenvalue weighted by Gasteiger charge is 2.20. The van der Waals surface area contributed by atoms with E-state index in [2.05, 4.69) is 26.3 Å². The lowest BCUT2D eigenvalue weighted by molar-refractivity contribution is 0.101. The molecule has 1 heterocycles. The van der Waals surface area contributed by atoms with Gasteiger partial charge in [-0.3, -0.25) is 9.48 Å². The first-order valence-corrected chi connectivity index (χ1v) is 7.25. The summed E-state index contributed by atoms with van der Waals surface area (Å²) in [7, 11) is 1.57. The average molecular weight is 353 g/mol. The molecule has 0 aliphatic carbocycles. The number of methoxy groups -OCH3 is 1. The molecular formula is C14H17BrN4O2. The predicted octanol–water partition coefficient (Wildman–Crippen LogP) is 2.82. The van der Waals surface area contributed by atoms with Crippen molar-refractivity contribution in [3.63, 3.8) is 0 Å². The van der Waals surface area contributed by atoms with Gasteiger partial charge in [-0.2, -0.15) is 5.10 Å². The second kappa shape index (κ2) is 6.17. The van der Waals surface area contributed by atoms with Crippen LogP contribution in [0, 0.1) is 6.92 Å². The van der Waals surface area contributed by atoms with Crippen molar-refractivity contribution < 1.29 is 9.53 Å². The smallest absolute Gasteiger partial charge is 0.276 e. The Morgan fingerprint density at radius 3 is 2.86 bits per heavy atom. The maximum atomic E-state index is 12.5. The van der Waals surface area contributed by atoms with Gasteiger partial charge in [0.1, 0.15) is 11.4 Å². The fraction of sp³-hybridized carbons (Fsp3) is 0.286. The minimum absolute atomic E-state index is 0.302. The standard InChI is InChI=1S/C14H17BrN4O2/c1-4-19-13(12(16)8(2)18-19)14(20)17-11-7-9(21-3)5-6-10(11)15/h5-7H,4,16H2,1-3H3,(H,17,20). The first kappa shape index (κ1) is 15.4. The summed E-state index contributed by atoms with van der Waals surface area (Å²) in [5, 5.41) is 7.07. The number of nitrogens with two attached hydrogens (primary N) is 1. The van der Waals surface area contributed by atoms with Gasteiger partial charge < -0.3 is 15.8 Å². The molecule has 0 saturated heterocycles. The van der Waals surface area contributed by atoms with Crippen molar-refractivity contribution in [2.75, 3.05) is 18.2 Å². The van der Waals surface area contributed by atoms with Crippen LogP contribution in [0.1, 0.15) is 23.1 Å². The van der Waals surface area contributed by atoms with E-state index in [1.807, 2.05) is 6.92 Å². The monoisotopic (exact) mass is 352 g/mol. The maximum absolute atomic E-state index is 12.5. The fourth-order valence-corrected chi connectivity index (χ4v) is 2.32. The van der Waals surface area contributed by atoms with Crippen LogP contribution in [0.3, 0.4) is 0 Å². The Kier molecular flexibility index (Phi) is 4.52. The summed E-state index contributed by atoms with van der Waals surface area (Å²) < 4.78 is 7.51. The molecule has 6 nitrogen and oxygen atoms in total. The van der Waals surface area contributed by atoms with Crippen LogP contribution in [0.25, 0.3) is 0 Å². The Bertz CT molecular complexity index is 682. The summed E-state index contributed by atoms with van der Waals surface area (Å²) in [5.41, 5.74) is 7.97. The third kappa shape index (κ3) is 3.02. The highest BCUT2D eigenvalue weighted by Crippen LogP contribution is 2.28. The highest BCUT2D eigenvalue weighted by molar-refractivity contribution is 9.10. The number of ether oxygens (including phenoxy) is 1. The molecule has 0 aliphatic rings. The van der Waals surface area contributed by atoms with Gasteiger partial charge >= 0.3 is 0 Å². The first-order valence-electron chi connectivity index (χ1n) is 6.45. The quantitative estimate of drug-likeness (QED) is 0.886. The third-order valence-corrected chi connectivity index (χ3v) is 3.80. The van der Waals surface area contributed by atoms with Crippen LogP contribution in [0.15, 0.2) is 22.7 Å². The molecule has 0 spiro atoms. The van der Waals surface area contributed by atoms with Crippen LogP contribution < -0.4 is 15.8 Å². The number of nitrogens with one attached hydrogen (secondary N) is 1. The molecule has 0 bridgehead atoms. The molecule has 2 rings (SSSR count). The zero-order valence-corrected chi connectivity index (χ0v) is 13.7. The van der Waals surface area contributed by atoms with Gasteiger partial charge in [-0.1, -0.05) is 0 Å². The number of aromatic nitrogens is 2. The van der Waals surface area contributed by atoms with Crippen LogP contribution in [0.5, 0.6) is 5.75 Å². The molecule has 1 aromatic carbocycles. The minimum Gasteiger partial charge on any atom is -0.497 e. The van der Waals surface area contributed by atoms with E-state index < -0.39 is 0 Å². The van der Waals surface area contributed by atoms with Gasteiger partial charge in [-0.05, 0) is 41.9 Å². The van der Waals surface area contributed by atoms with Crippen LogP contribution in [-0.4, -0.2) is 22.8 Å². The second-order valence-corrected chi connectivity index (χ2v) is 5.32. The van der Waals surface area contributed by atoms with Gasteiger partial charge in [-0.15, -0.1) is 0 Å². The van der Waals surface area contributed by atoms with Gasteiger partial charge in [0.15, 0.2) is 0 Å². The van der Waals surface area contributed by atoms with Crippen molar-refractivity contribution in [3.8, 4) is 5.75 Å². The number of nitrogen functional groups attached to an aromatic ring is 1. The average Bonchev–Trinajstić information content (AvgIpc) is 2.76. The van der Waals surface area contributed by atoms with E-state index in [0.717, 1.165) is 4.47 Å². The number of anilines is 2. The zero-order chi connectivity index (χ0) is 15.6. The maximum Gasteiger partial charge on any atom is 0.276 e. The summed E-state index contributed by atoms with van der Waals surface area (Å²) >= 11 is 3.40. The summed E-state index contributed by atoms with van der Waals surface area (Å²) in [6.07, 6.45) is 0. The van der Waals surface area contributed by atoms with Crippen molar-refractivity contribution >= 4 is 33.2 Å². The van der Waals surface area contributed by atoms with Crippen molar-refractivity contribution in [2.45, 2.75) is 20.4 Å². The van der Waals surface area contributed by atoms with E-state index in [1.54, 1.807) is 36.9 Å². The van der Waals surface area contributed by atoms with Gasteiger partial charge in [0.05, 0.1) is 24.2 Å². The zero-order valence-electron chi connectivity index (χ0n) is 12.1. The van der Waals surface area contributed by atoms with Crippen molar-refractivity contribution in [3.05, 3.63) is 34.1 Å². The fourth-order valence-electron chi connectivity index (χ4n) is 1.97. The number of hydrogen-bond acceptors (Lipinski definition) is 4. The molecule has 2 aromatic rings. The molecular weight excluding hydrogens is 336 g/mol. The number of nitrogens with zero attached hydrogens (tertiary/aromatic N) is 2. The normalized spacial score (nSPS) is 10.5. The molecule has 0 unspecified atom stereocenters. The SMILES string of the molecule is CCn1nc(C)c(N)c1C(=O)Nc1cc(OC)ccc1Br. The second-order valence-electron chi connectivity index (χ2n) is 4.46. The van der Waals surface area contributed by atoms with Gasteiger partial charge in [0.25, 0.3) is 5.91 Å². The lowest BCUT2D eigenvalue weighted by atomic mass is 10.2. The Labute approximate surface area is 131 Å². The molecule has 0 radical (unpaired) electrons. The molecule has 0 aliphatic heterocycles. The number of benzene rings is 1. The lowest BCUT2D eigenvalue weighted by Gasteiger charge is -2.10. The molecule has 21 heavy (non-hydrogen) atoms. The molecule has 0 atom stereocenters. The van der Waals surface area contributed by atoms with Gasteiger partial charge in [0.2, 0.25) is 0 Å². The van der Waals surface area contributed by atoms with E-state index in [1.165, 1.54) is 0 Å². The number of hydrogen-bond donors (Lipinski definition) is 2. The Morgan fingerprint density at radius 2 is 2.24 bits per heavy atom. The lowest BCUT2D eigenvalue weighted by Crippen LogP contribution is -2.19. The summed E-state index contributed by atoms with van der Waals surface area (Å²) in [5.74, 6) is 0.352. The molecule has 0 saturated carbocycles.